The summed E-state index contributed by atoms with van der Waals surface area (Å²) < 4.78 is 10.8. The number of aromatic nitrogens is 1. The Morgan fingerprint density at radius 3 is 3.10 bits per heavy atom. The largest absolute Gasteiger partial charge is 0.446 e. The Hall–Kier alpha value is -1.40. The van der Waals surface area contributed by atoms with E-state index in [-0.39, 0.29) is 29.7 Å². The van der Waals surface area contributed by atoms with Crippen molar-refractivity contribution in [2.24, 2.45) is 11.7 Å². The number of hydrogen-bond acceptors (Lipinski definition) is 5. The van der Waals surface area contributed by atoms with E-state index in [2.05, 4.69) is 17.2 Å². The lowest BCUT2D eigenvalue weighted by atomic mass is 10.0. The number of nitrogens with zero attached hydrogens (tertiary/aromatic N) is 1. The van der Waals surface area contributed by atoms with Crippen molar-refractivity contribution in [1.82, 2.24) is 10.3 Å². The zero-order valence-electron chi connectivity index (χ0n) is 12.1. The van der Waals surface area contributed by atoms with Gasteiger partial charge in [0.05, 0.1) is 12.1 Å². The summed E-state index contributed by atoms with van der Waals surface area (Å²) in [6.07, 6.45) is 4.46. The van der Waals surface area contributed by atoms with Crippen LogP contribution in [0.1, 0.15) is 55.5 Å². The molecule has 2 rings (SSSR count). The van der Waals surface area contributed by atoms with Gasteiger partial charge in [0.1, 0.15) is 6.26 Å². The van der Waals surface area contributed by atoms with Crippen LogP contribution in [0.2, 0.25) is 0 Å². The molecule has 112 valence electrons. The lowest BCUT2D eigenvalue weighted by Crippen LogP contribution is -2.32. The van der Waals surface area contributed by atoms with E-state index in [1.807, 2.05) is 6.92 Å². The zero-order chi connectivity index (χ0) is 14.5. The van der Waals surface area contributed by atoms with Gasteiger partial charge in [-0.15, -0.1) is 0 Å². The summed E-state index contributed by atoms with van der Waals surface area (Å²) in [5.41, 5.74) is 6.30. The van der Waals surface area contributed by atoms with Crippen LogP contribution in [0.5, 0.6) is 0 Å². The van der Waals surface area contributed by atoms with Crippen LogP contribution in [-0.4, -0.2) is 30.1 Å². The summed E-state index contributed by atoms with van der Waals surface area (Å²) >= 11 is 0. The third kappa shape index (κ3) is 3.58. The molecule has 0 radical (unpaired) electrons. The fourth-order valence-corrected chi connectivity index (χ4v) is 2.14. The number of carbonyl (C=O) groups is 1. The van der Waals surface area contributed by atoms with Crippen LogP contribution in [-0.2, 0) is 4.74 Å². The van der Waals surface area contributed by atoms with Crippen LogP contribution in [0.4, 0.5) is 0 Å². The molecule has 0 saturated carbocycles. The van der Waals surface area contributed by atoms with Crippen LogP contribution in [0.3, 0.4) is 0 Å². The van der Waals surface area contributed by atoms with Crippen molar-refractivity contribution in [3.05, 3.63) is 17.8 Å². The molecule has 1 fully saturated rings. The molecule has 1 aromatic heterocycles. The highest BCUT2D eigenvalue weighted by atomic mass is 16.5. The van der Waals surface area contributed by atoms with Gasteiger partial charge in [-0.1, -0.05) is 20.3 Å². The van der Waals surface area contributed by atoms with Gasteiger partial charge in [-0.05, 0) is 18.8 Å². The Labute approximate surface area is 119 Å². The summed E-state index contributed by atoms with van der Waals surface area (Å²) in [5, 5.41) is 2.81. The van der Waals surface area contributed by atoms with E-state index < -0.39 is 0 Å². The normalized spacial score (nSPS) is 21.6. The van der Waals surface area contributed by atoms with Crippen molar-refractivity contribution in [1.29, 1.82) is 0 Å². The predicted molar refractivity (Wildman–Crippen MR) is 74.2 cm³/mol. The molecule has 0 aliphatic carbocycles. The van der Waals surface area contributed by atoms with E-state index in [4.69, 9.17) is 14.9 Å². The topological polar surface area (TPSA) is 90.4 Å². The molecule has 1 amide bonds. The van der Waals surface area contributed by atoms with Crippen LogP contribution >= 0.6 is 0 Å². The lowest BCUT2D eigenvalue weighted by Gasteiger charge is -2.13. The molecular weight excluding hydrogens is 258 g/mol. The van der Waals surface area contributed by atoms with Gasteiger partial charge in [0, 0.05) is 13.2 Å². The number of hydrogen-bond donors (Lipinski definition) is 2. The molecule has 1 aliphatic rings. The fourth-order valence-electron chi connectivity index (χ4n) is 2.14. The Kier molecular flexibility index (Phi) is 5.14. The van der Waals surface area contributed by atoms with E-state index in [0.717, 1.165) is 25.9 Å². The maximum absolute atomic E-state index is 11.9. The van der Waals surface area contributed by atoms with Gasteiger partial charge in [0.15, 0.2) is 5.69 Å². The first-order valence-electron chi connectivity index (χ1n) is 7.22. The predicted octanol–water partition coefficient (Wildman–Crippen LogP) is 1.63. The SMILES string of the molecule is CCC(C)C(N)c1nc(C(=O)NCC2CCCO2)co1. The highest BCUT2D eigenvalue weighted by Crippen LogP contribution is 2.21. The molecule has 20 heavy (non-hydrogen) atoms. The smallest absolute Gasteiger partial charge is 0.273 e. The van der Waals surface area contributed by atoms with Crippen LogP contribution in [0, 0.1) is 5.92 Å². The Morgan fingerprint density at radius 2 is 2.45 bits per heavy atom. The minimum atomic E-state index is -0.278. The Balaban J connectivity index is 1.88. The molecule has 1 saturated heterocycles. The van der Waals surface area contributed by atoms with Crippen molar-refractivity contribution in [3.63, 3.8) is 0 Å². The quantitative estimate of drug-likeness (QED) is 0.827. The molecule has 0 spiro atoms. The molecule has 3 N–H and O–H groups in total. The van der Waals surface area contributed by atoms with Gasteiger partial charge in [0.2, 0.25) is 5.89 Å². The van der Waals surface area contributed by atoms with Gasteiger partial charge in [-0.3, -0.25) is 4.79 Å². The third-order valence-corrected chi connectivity index (χ3v) is 3.81. The second-order valence-electron chi connectivity index (χ2n) is 5.33. The van der Waals surface area contributed by atoms with Crippen molar-refractivity contribution in [2.75, 3.05) is 13.2 Å². The van der Waals surface area contributed by atoms with Crippen LogP contribution < -0.4 is 11.1 Å². The minimum absolute atomic E-state index is 0.118. The summed E-state index contributed by atoms with van der Waals surface area (Å²) in [6.45, 7) is 5.38. The van der Waals surface area contributed by atoms with Crippen molar-refractivity contribution < 1.29 is 13.9 Å². The molecular formula is C14H23N3O3. The first-order chi connectivity index (χ1) is 9.61. The average Bonchev–Trinajstić information content (AvgIpc) is 3.13. The number of nitrogens with one attached hydrogen (secondary N) is 1. The molecule has 6 nitrogen and oxygen atoms in total. The number of carbonyl (C=O) groups excluding carboxylic acids is 1. The number of rotatable bonds is 6. The second kappa shape index (κ2) is 6.85. The number of amides is 1. The summed E-state index contributed by atoms with van der Waals surface area (Å²) in [4.78, 5) is 16.1. The maximum atomic E-state index is 11.9. The summed E-state index contributed by atoms with van der Waals surface area (Å²) in [7, 11) is 0. The van der Waals surface area contributed by atoms with Gasteiger partial charge in [0.25, 0.3) is 5.91 Å². The summed E-state index contributed by atoms with van der Waals surface area (Å²) in [6, 6.07) is -0.278. The van der Waals surface area contributed by atoms with Crippen molar-refractivity contribution in [3.8, 4) is 0 Å². The monoisotopic (exact) mass is 281 g/mol. The van der Waals surface area contributed by atoms with Gasteiger partial charge in [-0.25, -0.2) is 4.98 Å². The zero-order valence-corrected chi connectivity index (χ0v) is 12.1. The Morgan fingerprint density at radius 1 is 1.65 bits per heavy atom. The highest BCUT2D eigenvalue weighted by molar-refractivity contribution is 5.91. The molecule has 0 aromatic carbocycles. The molecule has 2 heterocycles. The first kappa shape index (κ1) is 15.0. The van der Waals surface area contributed by atoms with Crippen molar-refractivity contribution >= 4 is 5.91 Å². The van der Waals surface area contributed by atoms with E-state index in [9.17, 15) is 4.79 Å². The lowest BCUT2D eigenvalue weighted by molar-refractivity contribution is 0.0853. The van der Waals surface area contributed by atoms with E-state index in [1.165, 1.54) is 6.26 Å². The van der Waals surface area contributed by atoms with Crippen LogP contribution in [0.25, 0.3) is 0 Å². The standard InChI is InChI=1S/C14H23N3O3/c1-3-9(2)12(15)14-17-11(8-20-14)13(18)16-7-10-5-4-6-19-10/h8-10,12H,3-7,15H2,1-2H3,(H,16,18). The van der Waals surface area contributed by atoms with Gasteiger partial charge >= 0.3 is 0 Å². The number of nitrogens with two attached hydrogens (primary N) is 1. The average molecular weight is 281 g/mol. The third-order valence-electron chi connectivity index (χ3n) is 3.81. The fraction of sp³-hybridized carbons (Fsp3) is 0.714. The second-order valence-corrected chi connectivity index (χ2v) is 5.33. The Bertz CT molecular complexity index is 441. The van der Waals surface area contributed by atoms with Crippen LogP contribution in [0.15, 0.2) is 10.7 Å². The minimum Gasteiger partial charge on any atom is -0.446 e. The number of ether oxygens (including phenoxy) is 1. The molecule has 6 heteroatoms. The molecule has 3 atom stereocenters. The molecule has 3 unspecified atom stereocenters. The maximum Gasteiger partial charge on any atom is 0.273 e. The first-order valence-corrected chi connectivity index (χ1v) is 7.22. The molecule has 1 aliphatic heterocycles. The van der Waals surface area contributed by atoms with E-state index in [0.29, 0.717) is 12.4 Å². The highest BCUT2D eigenvalue weighted by Gasteiger charge is 2.22. The van der Waals surface area contributed by atoms with Gasteiger partial charge < -0.3 is 20.2 Å². The van der Waals surface area contributed by atoms with Gasteiger partial charge in [-0.2, -0.15) is 0 Å². The van der Waals surface area contributed by atoms with E-state index >= 15 is 0 Å². The number of oxazole rings is 1. The molecule has 0 bridgehead atoms. The summed E-state index contributed by atoms with van der Waals surface area (Å²) in [5.74, 6) is 0.435. The van der Waals surface area contributed by atoms with Crippen molar-refractivity contribution in [2.45, 2.75) is 45.3 Å². The molecule has 1 aromatic rings. The van der Waals surface area contributed by atoms with E-state index in [1.54, 1.807) is 0 Å².